The van der Waals surface area contributed by atoms with Crippen LogP contribution < -0.4 is 0 Å². The highest BCUT2D eigenvalue weighted by Gasteiger charge is 2.60. The van der Waals surface area contributed by atoms with Crippen molar-refractivity contribution < 1.29 is 34.1 Å². The van der Waals surface area contributed by atoms with Gasteiger partial charge < -0.3 is 24.6 Å². The van der Waals surface area contributed by atoms with E-state index in [0.29, 0.717) is 15.7 Å². The predicted molar refractivity (Wildman–Crippen MR) is 143 cm³/mol. The quantitative estimate of drug-likeness (QED) is 0.252. The molecule has 0 unspecified atom stereocenters. The molecular weight excluding hydrogens is 530 g/mol. The van der Waals surface area contributed by atoms with Gasteiger partial charge in [0.1, 0.15) is 18.9 Å². The number of thiazole rings is 1. The van der Waals surface area contributed by atoms with Crippen LogP contribution in [0.15, 0.2) is 51.7 Å². The molecule has 204 valence electrons. The zero-order valence-electron chi connectivity index (χ0n) is 21.2. The molecule has 1 aromatic rings. The van der Waals surface area contributed by atoms with E-state index < -0.39 is 30.1 Å². The summed E-state index contributed by atoms with van der Waals surface area (Å²) in [5.41, 5.74) is 1.81. The third-order valence-corrected chi connectivity index (χ3v) is 9.07. The van der Waals surface area contributed by atoms with Crippen molar-refractivity contribution in [2.75, 3.05) is 26.4 Å². The summed E-state index contributed by atoms with van der Waals surface area (Å²) in [6, 6.07) is -0.769. The fourth-order valence-electron chi connectivity index (χ4n) is 5.01. The lowest BCUT2D eigenvalue weighted by Crippen LogP contribution is -2.63. The Labute approximate surface area is 229 Å². The van der Waals surface area contributed by atoms with Crippen molar-refractivity contribution in [3.63, 3.8) is 0 Å². The average Bonchev–Trinajstić information content (AvgIpc) is 3.46. The van der Waals surface area contributed by atoms with E-state index in [-0.39, 0.29) is 49.9 Å². The Kier molecular flexibility index (Phi) is 8.76. The molecule has 0 aromatic carbocycles. The highest BCUT2D eigenvalue weighted by atomic mass is 32.2. The first-order chi connectivity index (χ1) is 18.2. The molecule has 10 nitrogen and oxygen atoms in total. The van der Waals surface area contributed by atoms with Crippen molar-refractivity contribution in [3.8, 4) is 0 Å². The molecular formula is C26H31N3O7S2. The number of aliphatic hydroxyl groups excluding tert-OH is 2. The van der Waals surface area contributed by atoms with Gasteiger partial charge >= 0.3 is 12.1 Å². The number of hydrogen-bond acceptors (Lipinski definition) is 10. The Morgan fingerprint density at radius 3 is 2.68 bits per heavy atom. The van der Waals surface area contributed by atoms with Crippen LogP contribution in [-0.4, -0.2) is 87.5 Å². The smallest absolute Gasteiger partial charge is 0.410 e. The molecule has 0 saturated carbocycles. The van der Waals surface area contributed by atoms with Crippen LogP contribution >= 0.6 is 23.1 Å². The molecule has 2 N–H and O–H groups in total. The van der Waals surface area contributed by atoms with Crippen molar-refractivity contribution >= 4 is 46.6 Å². The lowest BCUT2D eigenvalue weighted by atomic mass is 9.79. The summed E-state index contributed by atoms with van der Waals surface area (Å²) >= 11 is 2.71. The lowest BCUT2D eigenvalue weighted by molar-refractivity contribution is -0.164. The molecule has 1 saturated heterocycles. The van der Waals surface area contributed by atoms with Gasteiger partial charge in [-0.3, -0.25) is 9.69 Å². The van der Waals surface area contributed by atoms with Gasteiger partial charge in [0.15, 0.2) is 4.34 Å². The van der Waals surface area contributed by atoms with Crippen LogP contribution in [0.3, 0.4) is 0 Å². The molecule has 2 amide bonds. The lowest BCUT2D eigenvalue weighted by Gasteiger charge is -2.46. The highest BCUT2D eigenvalue weighted by Crippen LogP contribution is 2.52. The number of aromatic nitrogens is 1. The molecule has 0 spiro atoms. The van der Waals surface area contributed by atoms with Crippen molar-refractivity contribution in [3.05, 3.63) is 53.1 Å². The fraction of sp³-hybridized carbons (Fsp3) is 0.462. The summed E-state index contributed by atoms with van der Waals surface area (Å²) in [6.07, 6.45) is 3.90. The number of rotatable bonds is 10. The van der Waals surface area contributed by atoms with E-state index in [1.54, 1.807) is 6.92 Å². The van der Waals surface area contributed by atoms with Gasteiger partial charge in [-0.25, -0.2) is 14.6 Å². The normalized spacial score (nSPS) is 25.4. The molecule has 38 heavy (non-hydrogen) atoms. The maximum absolute atomic E-state index is 12.9. The summed E-state index contributed by atoms with van der Waals surface area (Å²) in [6.45, 7) is 10.8. The minimum absolute atomic E-state index is 0.0148. The zero-order valence-corrected chi connectivity index (χ0v) is 22.9. The van der Waals surface area contributed by atoms with Crippen LogP contribution in [0.25, 0.3) is 5.57 Å². The van der Waals surface area contributed by atoms with E-state index in [9.17, 15) is 24.6 Å². The molecule has 0 bridgehead atoms. The van der Waals surface area contributed by atoms with Crippen LogP contribution in [0.1, 0.15) is 26.0 Å². The average molecular weight is 562 g/mol. The number of carbonyl (C=O) groups is 3. The summed E-state index contributed by atoms with van der Waals surface area (Å²) in [7, 11) is 0. The predicted octanol–water partition coefficient (Wildman–Crippen LogP) is 2.81. The van der Waals surface area contributed by atoms with Gasteiger partial charge in [0.2, 0.25) is 5.91 Å². The first kappa shape index (κ1) is 28.1. The molecule has 12 heteroatoms. The SMILES string of the molecule is C=CCOC(=O)C1=C(Sc2nc(C3=CCN(C(=O)OCC=C)[C@@H](CO)C3)cs2)[C@H](C)[C@@H]2[C@@H]([C@@H](C)O)C(=O)N12. The van der Waals surface area contributed by atoms with Gasteiger partial charge in [0, 0.05) is 22.7 Å². The van der Waals surface area contributed by atoms with E-state index >= 15 is 0 Å². The van der Waals surface area contributed by atoms with Crippen LogP contribution in [0.4, 0.5) is 4.79 Å². The second-order valence-corrected chi connectivity index (χ2v) is 11.4. The third-order valence-electron chi connectivity index (χ3n) is 6.84. The van der Waals surface area contributed by atoms with Gasteiger partial charge in [-0.2, -0.15) is 0 Å². The van der Waals surface area contributed by atoms with Crippen LogP contribution in [0.5, 0.6) is 0 Å². The van der Waals surface area contributed by atoms with E-state index in [2.05, 4.69) is 13.2 Å². The molecule has 0 radical (unpaired) electrons. The first-order valence-electron chi connectivity index (χ1n) is 12.2. The van der Waals surface area contributed by atoms with Gasteiger partial charge in [-0.1, -0.05) is 50.1 Å². The topological polar surface area (TPSA) is 130 Å². The largest absolute Gasteiger partial charge is 0.457 e. The molecule has 4 rings (SSSR count). The summed E-state index contributed by atoms with van der Waals surface area (Å²) in [4.78, 5) is 46.4. The van der Waals surface area contributed by atoms with Gasteiger partial charge in [-0.15, -0.1) is 11.3 Å². The molecule has 4 heterocycles. The number of nitrogens with zero attached hydrogens (tertiary/aromatic N) is 3. The van der Waals surface area contributed by atoms with E-state index in [1.807, 2.05) is 18.4 Å². The number of hydrogen-bond donors (Lipinski definition) is 2. The summed E-state index contributed by atoms with van der Waals surface area (Å²) in [5.74, 6) is -1.68. The number of β-lactam (4-membered cyclic amide) rings is 1. The van der Waals surface area contributed by atoms with Crippen molar-refractivity contribution in [1.82, 2.24) is 14.8 Å². The van der Waals surface area contributed by atoms with Gasteiger partial charge in [0.05, 0.1) is 36.4 Å². The Morgan fingerprint density at radius 1 is 1.32 bits per heavy atom. The number of fused-ring (bicyclic) bond motifs is 1. The van der Waals surface area contributed by atoms with Crippen molar-refractivity contribution in [2.24, 2.45) is 11.8 Å². The monoisotopic (exact) mass is 561 g/mol. The Hall–Kier alpha value is -2.93. The van der Waals surface area contributed by atoms with Gasteiger partial charge in [-0.05, 0) is 18.9 Å². The summed E-state index contributed by atoms with van der Waals surface area (Å²) < 4.78 is 11.1. The zero-order chi connectivity index (χ0) is 27.6. The number of carbonyl (C=O) groups excluding carboxylic acids is 3. The van der Waals surface area contributed by atoms with E-state index in [1.165, 1.54) is 45.1 Å². The Bertz CT molecular complexity index is 1190. The number of esters is 1. The number of amides is 2. The van der Waals surface area contributed by atoms with Crippen molar-refractivity contribution in [2.45, 2.75) is 42.8 Å². The maximum atomic E-state index is 12.9. The Balaban J connectivity index is 1.55. The minimum Gasteiger partial charge on any atom is -0.457 e. The van der Waals surface area contributed by atoms with Crippen LogP contribution in [0, 0.1) is 11.8 Å². The standard InChI is InChI=1S/C26H31N3O7S2/c1-5-9-35-24(33)21-22(14(3)20-19(15(4)31)23(32)29(20)21)38-25-27-18(13-37-25)16-7-8-28(17(11-16)12-30)26(34)36-10-6-2/h5-7,13-15,17,19-20,30-31H,1-2,8-12H2,3-4H3/t14-,15-,17-,19-,20-/m1/s1. The second-order valence-electron chi connectivity index (χ2n) is 9.24. The molecule has 3 aliphatic heterocycles. The molecule has 0 aliphatic carbocycles. The minimum atomic E-state index is -0.834. The van der Waals surface area contributed by atoms with Gasteiger partial charge in [0.25, 0.3) is 0 Å². The van der Waals surface area contributed by atoms with E-state index in [0.717, 1.165) is 11.3 Å². The maximum Gasteiger partial charge on any atom is 0.410 e. The highest BCUT2D eigenvalue weighted by molar-refractivity contribution is 8.04. The van der Waals surface area contributed by atoms with Crippen molar-refractivity contribution in [1.29, 1.82) is 0 Å². The van der Waals surface area contributed by atoms with Crippen LogP contribution in [0.2, 0.25) is 0 Å². The molecule has 3 aliphatic rings. The Morgan fingerprint density at radius 2 is 2.03 bits per heavy atom. The van der Waals surface area contributed by atoms with E-state index in [4.69, 9.17) is 14.5 Å². The third kappa shape index (κ3) is 5.18. The fourth-order valence-corrected chi connectivity index (χ4v) is 7.12. The van der Waals surface area contributed by atoms with Crippen LogP contribution in [-0.2, 0) is 19.1 Å². The molecule has 5 atom stereocenters. The number of thioether (sulfide) groups is 1. The molecule has 1 aromatic heterocycles. The second kappa shape index (κ2) is 11.9. The summed E-state index contributed by atoms with van der Waals surface area (Å²) in [5, 5.41) is 21.9. The number of ether oxygens (including phenoxy) is 2. The number of aliphatic hydroxyl groups is 2. The first-order valence-corrected chi connectivity index (χ1v) is 13.9. The molecule has 1 fully saturated rings.